The fourth-order valence-electron chi connectivity index (χ4n) is 5.23. The number of hydrogen-bond donors (Lipinski definition) is 4. The van der Waals surface area contributed by atoms with Crippen molar-refractivity contribution < 1.29 is 19.4 Å². The van der Waals surface area contributed by atoms with Crippen molar-refractivity contribution >= 4 is 17.9 Å². The zero-order valence-electron chi connectivity index (χ0n) is 20.6. The van der Waals surface area contributed by atoms with Crippen molar-refractivity contribution in [3.8, 4) is 5.69 Å². The van der Waals surface area contributed by atoms with E-state index in [2.05, 4.69) is 25.8 Å². The minimum Gasteiger partial charge on any atom is -0.465 e. The first-order chi connectivity index (χ1) is 17.9. The molecule has 3 amide bonds. The summed E-state index contributed by atoms with van der Waals surface area (Å²) in [4.78, 5) is 44.4. The van der Waals surface area contributed by atoms with Gasteiger partial charge in [0, 0.05) is 63.7 Å². The van der Waals surface area contributed by atoms with E-state index in [1.54, 1.807) is 17.2 Å². The summed E-state index contributed by atoms with van der Waals surface area (Å²) in [5.41, 5.74) is 1.33. The van der Waals surface area contributed by atoms with Gasteiger partial charge in [0.2, 0.25) is 0 Å². The van der Waals surface area contributed by atoms with E-state index in [9.17, 15) is 14.4 Å². The number of ether oxygens (including phenoxy) is 1. The number of benzene rings is 1. The normalized spacial score (nSPS) is 22.8. The number of rotatable bonds is 5. The zero-order valence-corrected chi connectivity index (χ0v) is 20.6. The van der Waals surface area contributed by atoms with Crippen molar-refractivity contribution in [2.24, 2.45) is 0 Å². The van der Waals surface area contributed by atoms with Crippen molar-refractivity contribution in [3.05, 3.63) is 52.6 Å². The average Bonchev–Trinajstić information content (AvgIpc) is 3.05. The molecule has 3 aliphatic rings. The van der Waals surface area contributed by atoms with Gasteiger partial charge in [-0.25, -0.2) is 14.4 Å². The van der Waals surface area contributed by atoms with Crippen LogP contribution in [0.1, 0.15) is 24.8 Å². The number of likely N-dealkylation sites (tertiary alicyclic amines) is 1. The van der Waals surface area contributed by atoms with Gasteiger partial charge in [-0.3, -0.25) is 14.8 Å². The number of carbonyl (C=O) groups is 2. The minimum atomic E-state index is -0.971. The number of hydrogen-bond acceptors (Lipinski definition) is 7. The number of urea groups is 1. The van der Waals surface area contributed by atoms with E-state index in [1.807, 2.05) is 24.3 Å². The Bertz CT molecular complexity index is 1150. The SMILES string of the molecule is O=C(O)NC1CCN(Cc2ccc(-n3ccc(NC(=O)N4CC5CCOCC(C4)N5)nc3=O)cc2)CC1. The van der Waals surface area contributed by atoms with Gasteiger partial charge in [0.1, 0.15) is 5.82 Å². The Morgan fingerprint density at radius 2 is 1.84 bits per heavy atom. The van der Waals surface area contributed by atoms with Crippen LogP contribution in [0.2, 0.25) is 0 Å². The first-order valence-electron chi connectivity index (χ1n) is 12.7. The second-order valence-electron chi connectivity index (χ2n) is 9.89. The van der Waals surface area contributed by atoms with E-state index < -0.39 is 11.8 Å². The largest absolute Gasteiger partial charge is 0.465 e. The van der Waals surface area contributed by atoms with Gasteiger partial charge >= 0.3 is 17.8 Å². The Morgan fingerprint density at radius 1 is 1.08 bits per heavy atom. The molecule has 2 atom stereocenters. The molecule has 3 saturated heterocycles. The number of anilines is 1. The number of piperazine rings is 1. The third-order valence-electron chi connectivity index (χ3n) is 7.14. The molecule has 0 saturated carbocycles. The quantitative estimate of drug-likeness (QED) is 0.467. The fourth-order valence-corrected chi connectivity index (χ4v) is 5.23. The summed E-state index contributed by atoms with van der Waals surface area (Å²) in [6.45, 7) is 4.82. The van der Waals surface area contributed by atoms with Gasteiger partial charge in [0.05, 0.1) is 12.3 Å². The molecule has 0 aliphatic carbocycles. The van der Waals surface area contributed by atoms with E-state index in [1.165, 1.54) is 4.57 Å². The van der Waals surface area contributed by atoms with Crippen LogP contribution in [-0.2, 0) is 11.3 Å². The first kappa shape index (κ1) is 25.2. The lowest BCUT2D eigenvalue weighted by molar-refractivity contribution is 0.119. The standard InChI is InChI=1S/C25H33N7O5/c33-23(31-14-19-8-12-37-16-20(15-31)26-19)28-22-7-11-32(24(34)29-22)21-3-1-17(2-4-21)13-30-9-5-18(6-10-30)27-25(35)36/h1-4,7,11,18-20,26-27H,5-6,8-10,12-16H2,(H,35,36)(H,28,29,33,34). The smallest absolute Gasteiger partial charge is 0.404 e. The Morgan fingerprint density at radius 3 is 2.57 bits per heavy atom. The predicted molar refractivity (Wildman–Crippen MR) is 136 cm³/mol. The summed E-state index contributed by atoms with van der Waals surface area (Å²) in [5, 5.41) is 17.7. The highest BCUT2D eigenvalue weighted by molar-refractivity contribution is 5.88. The van der Waals surface area contributed by atoms with Crippen LogP contribution in [0.15, 0.2) is 41.3 Å². The highest BCUT2D eigenvalue weighted by Gasteiger charge is 2.31. The van der Waals surface area contributed by atoms with Crippen molar-refractivity contribution in [2.45, 2.75) is 43.9 Å². The highest BCUT2D eigenvalue weighted by Crippen LogP contribution is 2.16. The molecule has 2 unspecified atom stereocenters. The topological polar surface area (TPSA) is 141 Å². The minimum absolute atomic E-state index is 0.0129. The molecular formula is C25H33N7O5. The van der Waals surface area contributed by atoms with Crippen LogP contribution in [0.25, 0.3) is 5.69 Å². The second kappa shape index (κ2) is 11.3. The number of carbonyl (C=O) groups excluding carboxylic acids is 1. The van der Waals surface area contributed by atoms with Crippen LogP contribution >= 0.6 is 0 Å². The van der Waals surface area contributed by atoms with E-state index in [-0.39, 0.29) is 30.0 Å². The van der Waals surface area contributed by atoms with Crippen molar-refractivity contribution in [3.63, 3.8) is 0 Å². The van der Waals surface area contributed by atoms with E-state index in [0.717, 1.165) is 44.5 Å². The van der Waals surface area contributed by atoms with Gasteiger partial charge in [-0.15, -0.1) is 0 Å². The van der Waals surface area contributed by atoms with Crippen molar-refractivity contribution in [1.29, 1.82) is 0 Å². The van der Waals surface area contributed by atoms with Gasteiger partial charge in [-0.1, -0.05) is 12.1 Å². The maximum Gasteiger partial charge on any atom is 0.404 e. The number of carboxylic acid groups (broad SMARTS) is 1. The van der Waals surface area contributed by atoms with Crippen LogP contribution in [0.3, 0.4) is 0 Å². The summed E-state index contributed by atoms with van der Waals surface area (Å²) in [6.07, 6.45) is 3.08. The number of nitrogens with zero attached hydrogens (tertiary/aromatic N) is 4. The molecule has 4 heterocycles. The van der Waals surface area contributed by atoms with Crippen molar-refractivity contribution in [2.75, 3.05) is 44.7 Å². The first-order valence-corrected chi connectivity index (χ1v) is 12.7. The Kier molecular flexibility index (Phi) is 7.68. The summed E-state index contributed by atoms with van der Waals surface area (Å²) >= 11 is 0. The molecule has 0 radical (unpaired) electrons. The number of amides is 3. The molecule has 1 aromatic heterocycles. The number of nitrogens with one attached hydrogen (secondary N) is 3. The van der Waals surface area contributed by atoms with Gasteiger partial charge in [0.15, 0.2) is 0 Å². The molecule has 12 heteroatoms. The van der Waals surface area contributed by atoms with Crippen molar-refractivity contribution in [1.82, 2.24) is 30.0 Å². The molecule has 1 aromatic carbocycles. The van der Waals surface area contributed by atoms with Crippen LogP contribution in [0.5, 0.6) is 0 Å². The van der Waals surface area contributed by atoms with E-state index in [4.69, 9.17) is 9.84 Å². The molecule has 3 fully saturated rings. The van der Waals surface area contributed by atoms with Crippen LogP contribution in [-0.4, -0.2) is 94.1 Å². The number of aromatic nitrogens is 2. The molecule has 3 aliphatic heterocycles. The maximum absolute atomic E-state index is 12.8. The predicted octanol–water partition coefficient (Wildman–Crippen LogP) is 1.06. The summed E-state index contributed by atoms with van der Waals surface area (Å²) in [5.74, 6) is 0.224. The van der Waals surface area contributed by atoms with Crippen LogP contribution in [0, 0.1) is 0 Å². The molecule has 4 N–H and O–H groups in total. The van der Waals surface area contributed by atoms with Gasteiger partial charge in [-0.05, 0) is 43.0 Å². The molecule has 0 spiro atoms. The lowest BCUT2D eigenvalue weighted by Crippen LogP contribution is -2.59. The highest BCUT2D eigenvalue weighted by atomic mass is 16.5. The second-order valence-corrected chi connectivity index (χ2v) is 9.89. The molecular weight excluding hydrogens is 478 g/mol. The third kappa shape index (κ3) is 6.45. The Labute approximate surface area is 214 Å². The fraction of sp³-hybridized carbons (Fsp3) is 0.520. The number of fused-ring (bicyclic) bond motifs is 2. The van der Waals surface area contributed by atoms with Gasteiger partial charge in [-0.2, -0.15) is 4.98 Å². The lowest BCUT2D eigenvalue weighted by Gasteiger charge is -2.36. The molecule has 5 rings (SSSR count). The molecule has 2 bridgehead atoms. The molecule has 198 valence electrons. The zero-order chi connectivity index (χ0) is 25.8. The summed E-state index contributed by atoms with van der Waals surface area (Å²) < 4.78 is 7.03. The lowest BCUT2D eigenvalue weighted by atomic mass is 10.0. The number of piperidine rings is 1. The summed E-state index contributed by atoms with van der Waals surface area (Å²) in [7, 11) is 0. The Hall–Kier alpha value is -3.48. The van der Waals surface area contributed by atoms with Gasteiger partial charge in [0.25, 0.3) is 0 Å². The molecule has 12 nitrogen and oxygen atoms in total. The van der Waals surface area contributed by atoms with Crippen LogP contribution in [0.4, 0.5) is 15.4 Å². The van der Waals surface area contributed by atoms with Gasteiger partial charge < -0.3 is 25.4 Å². The monoisotopic (exact) mass is 511 g/mol. The molecule has 37 heavy (non-hydrogen) atoms. The van der Waals surface area contributed by atoms with E-state index >= 15 is 0 Å². The Balaban J connectivity index is 1.16. The van der Waals surface area contributed by atoms with E-state index in [0.29, 0.717) is 32.0 Å². The maximum atomic E-state index is 12.8. The molecule has 2 aromatic rings. The average molecular weight is 512 g/mol. The third-order valence-corrected chi connectivity index (χ3v) is 7.14. The van der Waals surface area contributed by atoms with Crippen LogP contribution < -0.4 is 21.6 Å². The summed E-state index contributed by atoms with van der Waals surface area (Å²) in [6, 6.07) is 9.39.